The van der Waals surface area contributed by atoms with Crippen molar-refractivity contribution < 1.29 is 14.5 Å². The Labute approximate surface area is 158 Å². The molecule has 0 N–H and O–H groups in total. The van der Waals surface area contributed by atoms with Crippen molar-refractivity contribution in [3.63, 3.8) is 0 Å². The molecule has 0 saturated carbocycles. The van der Waals surface area contributed by atoms with Gasteiger partial charge in [0.25, 0.3) is 11.6 Å². The second-order valence-electron chi connectivity index (χ2n) is 7.13. The number of hydrogen-bond acceptors (Lipinski definition) is 5. The van der Waals surface area contributed by atoms with Crippen LogP contribution < -0.4 is 0 Å². The third-order valence-electron chi connectivity index (χ3n) is 5.31. The molecule has 2 aliphatic rings. The van der Waals surface area contributed by atoms with Crippen molar-refractivity contribution in [1.29, 1.82) is 0 Å². The van der Waals surface area contributed by atoms with Crippen molar-refractivity contribution >= 4 is 23.2 Å². The number of likely N-dealkylation sites (tertiary alicyclic amines) is 1. The number of halogens is 1. The monoisotopic (exact) mass is 381 g/mol. The van der Waals surface area contributed by atoms with Crippen molar-refractivity contribution in [2.45, 2.75) is 25.3 Å². The van der Waals surface area contributed by atoms with Crippen LogP contribution in [-0.2, 0) is 4.74 Å². The molecule has 8 heteroatoms. The number of rotatable bonds is 5. The smallest absolute Gasteiger partial charge is 0.271 e. The van der Waals surface area contributed by atoms with E-state index in [9.17, 15) is 14.9 Å². The molecular formula is C18H24ClN3O4. The second-order valence-corrected chi connectivity index (χ2v) is 7.57. The van der Waals surface area contributed by atoms with Crippen molar-refractivity contribution in [2.75, 3.05) is 39.9 Å². The average Bonchev–Trinajstić information content (AvgIpc) is 3.13. The largest absolute Gasteiger partial charge is 0.381 e. The summed E-state index contributed by atoms with van der Waals surface area (Å²) in [5.41, 5.74) is 0.0973. The predicted molar refractivity (Wildman–Crippen MR) is 98.6 cm³/mol. The molecule has 0 spiro atoms. The topological polar surface area (TPSA) is 75.9 Å². The lowest BCUT2D eigenvalue weighted by Gasteiger charge is -2.37. The van der Waals surface area contributed by atoms with E-state index >= 15 is 0 Å². The highest BCUT2D eigenvalue weighted by Gasteiger charge is 2.28. The van der Waals surface area contributed by atoms with Gasteiger partial charge in [-0.05, 0) is 31.2 Å². The number of non-ortho nitro benzene ring substituents is 1. The van der Waals surface area contributed by atoms with Crippen molar-refractivity contribution in [3.8, 4) is 0 Å². The highest BCUT2D eigenvalue weighted by Crippen LogP contribution is 2.24. The molecule has 2 heterocycles. The Kier molecular flexibility index (Phi) is 6.11. The van der Waals surface area contributed by atoms with E-state index in [-0.39, 0.29) is 28.2 Å². The molecule has 142 valence electrons. The van der Waals surface area contributed by atoms with Crippen molar-refractivity contribution in [2.24, 2.45) is 5.92 Å². The highest BCUT2D eigenvalue weighted by atomic mass is 35.5. The van der Waals surface area contributed by atoms with E-state index in [1.165, 1.54) is 18.2 Å². The zero-order chi connectivity index (χ0) is 18.7. The zero-order valence-electron chi connectivity index (χ0n) is 14.9. The Morgan fingerprint density at radius 3 is 2.69 bits per heavy atom. The van der Waals surface area contributed by atoms with Gasteiger partial charge < -0.3 is 14.5 Å². The van der Waals surface area contributed by atoms with Gasteiger partial charge in [0.2, 0.25) is 0 Å². The van der Waals surface area contributed by atoms with E-state index in [1.807, 2.05) is 0 Å². The van der Waals surface area contributed by atoms with Crippen LogP contribution in [0, 0.1) is 16.0 Å². The van der Waals surface area contributed by atoms with Crippen LogP contribution >= 0.6 is 11.6 Å². The molecule has 0 unspecified atom stereocenters. The van der Waals surface area contributed by atoms with Gasteiger partial charge >= 0.3 is 0 Å². The molecule has 7 nitrogen and oxygen atoms in total. The van der Waals surface area contributed by atoms with Crippen LogP contribution in [0.25, 0.3) is 0 Å². The number of carbonyl (C=O) groups is 1. The van der Waals surface area contributed by atoms with Crippen LogP contribution in [-0.4, -0.2) is 66.6 Å². The molecule has 1 aromatic carbocycles. The number of ether oxygens (including phenoxy) is 1. The summed E-state index contributed by atoms with van der Waals surface area (Å²) in [6.07, 6.45) is 2.93. The van der Waals surface area contributed by atoms with Crippen LogP contribution in [0.15, 0.2) is 18.2 Å². The van der Waals surface area contributed by atoms with Gasteiger partial charge in [-0.2, -0.15) is 0 Å². The molecule has 0 aromatic heterocycles. The molecule has 1 aromatic rings. The Hall–Kier alpha value is -1.70. The fraction of sp³-hybridized carbons (Fsp3) is 0.611. The van der Waals surface area contributed by atoms with E-state index in [0.717, 1.165) is 52.1 Å². The van der Waals surface area contributed by atoms with Crippen LogP contribution in [0.1, 0.15) is 29.6 Å². The molecular weight excluding hydrogens is 358 g/mol. The molecule has 0 radical (unpaired) electrons. The highest BCUT2D eigenvalue weighted by molar-refractivity contribution is 6.31. The molecule has 1 atom stereocenters. The number of benzene rings is 1. The third kappa shape index (κ3) is 4.52. The number of nitro benzene ring substituents is 1. The lowest BCUT2D eigenvalue weighted by molar-refractivity contribution is -0.384. The van der Waals surface area contributed by atoms with Gasteiger partial charge in [-0.3, -0.25) is 14.9 Å². The van der Waals surface area contributed by atoms with Crippen molar-refractivity contribution in [3.05, 3.63) is 38.9 Å². The first-order chi connectivity index (χ1) is 12.4. The Bertz CT molecular complexity index is 670. The number of piperidine rings is 1. The number of carbonyl (C=O) groups excluding carboxylic acids is 1. The fourth-order valence-electron chi connectivity index (χ4n) is 3.75. The van der Waals surface area contributed by atoms with Gasteiger partial charge in [0, 0.05) is 62.0 Å². The lowest BCUT2D eigenvalue weighted by atomic mass is 10.0. The van der Waals surface area contributed by atoms with Gasteiger partial charge in [0.05, 0.1) is 11.5 Å². The first-order valence-corrected chi connectivity index (χ1v) is 9.34. The fourth-order valence-corrected chi connectivity index (χ4v) is 3.98. The van der Waals surface area contributed by atoms with E-state index in [2.05, 4.69) is 4.90 Å². The minimum absolute atomic E-state index is 0.136. The standard InChI is InChI=1S/C18H24ClN3O4/c1-20(18(23)14-8-15(19)10-17(9-14)22(24)25)16-2-5-21(6-3-16)11-13-4-7-26-12-13/h8-10,13,16H,2-7,11-12H2,1H3/t13-/m1/s1. The number of nitrogens with zero attached hydrogens (tertiary/aromatic N) is 3. The van der Waals surface area contributed by atoms with Crippen LogP contribution in [0.5, 0.6) is 0 Å². The summed E-state index contributed by atoms with van der Waals surface area (Å²) in [4.78, 5) is 27.3. The molecule has 2 aliphatic heterocycles. The lowest BCUT2D eigenvalue weighted by Crippen LogP contribution is -2.46. The molecule has 3 rings (SSSR count). The summed E-state index contributed by atoms with van der Waals surface area (Å²) in [5.74, 6) is 0.399. The summed E-state index contributed by atoms with van der Waals surface area (Å²) in [6, 6.07) is 4.17. The Balaban J connectivity index is 1.58. The SMILES string of the molecule is CN(C(=O)c1cc(Cl)cc([N+](=O)[O-])c1)C1CCN(C[C@H]2CCOC2)CC1. The van der Waals surface area contributed by atoms with Gasteiger partial charge in [-0.25, -0.2) is 0 Å². The average molecular weight is 382 g/mol. The Morgan fingerprint density at radius 1 is 1.35 bits per heavy atom. The van der Waals surface area contributed by atoms with Gasteiger partial charge in [-0.1, -0.05) is 11.6 Å². The quantitative estimate of drug-likeness (QED) is 0.579. The Morgan fingerprint density at radius 2 is 2.08 bits per heavy atom. The summed E-state index contributed by atoms with van der Waals surface area (Å²) in [7, 11) is 1.76. The predicted octanol–water partition coefficient (Wildman–Crippen LogP) is 2.82. The van der Waals surface area contributed by atoms with Gasteiger partial charge in [0.15, 0.2) is 0 Å². The molecule has 2 fully saturated rings. The summed E-state index contributed by atoms with van der Waals surface area (Å²) in [6.45, 7) is 4.68. The normalized spacial score (nSPS) is 21.7. The maximum absolute atomic E-state index is 12.7. The van der Waals surface area contributed by atoms with E-state index < -0.39 is 4.92 Å². The van der Waals surface area contributed by atoms with Crippen LogP contribution in [0.3, 0.4) is 0 Å². The molecule has 2 saturated heterocycles. The maximum atomic E-state index is 12.7. The van der Waals surface area contributed by atoms with Gasteiger partial charge in [-0.15, -0.1) is 0 Å². The minimum atomic E-state index is -0.534. The minimum Gasteiger partial charge on any atom is -0.381 e. The summed E-state index contributed by atoms with van der Waals surface area (Å²) >= 11 is 5.94. The first kappa shape index (κ1) is 19.1. The van der Waals surface area contributed by atoms with E-state index in [4.69, 9.17) is 16.3 Å². The van der Waals surface area contributed by atoms with Crippen LogP contribution in [0.4, 0.5) is 5.69 Å². The number of hydrogen-bond donors (Lipinski definition) is 0. The number of amides is 1. The van der Waals surface area contributed by atoms with E-state index in [1.54, 1.807) is 11.9 Å². The third-order valence-corrected chi connectivity index (χ3v) is 5.52. The molecule has 1 amide bonds. The number of nitro groups is 1. The van der Waals surface area contributed by atoms with Crippen molar-refractivity contribution in [1.82, 2.24) is 9.80 Å². The van der Waals surface area contributed by atoms with E-state index in [0.29, 0.717) is 5.92 Å². The molecule has 0 aliphatic carbocycles. The van der Waals surface area contributed by atoms with Gasteiger partial charge in [0.1, 0.15) is 0 Å². The maximum Gasteiger partial charge on any atom is 0.271 e. The zero-order valence-corrected chi connectivity index (χ0v) is 15.7. The molecule has 0 bridgehead atoms. The second kappa shape index (κ2) is 8.33. The molecule has 26 heavy (non-hydrogen) atoms. The first-order valence-electron chi connectivity index (χ1n) is 8.96. The van der Waals surface area contributed by atoms with Crippen LogP contribution in [0.2, 0.25) is 5.02 Å². The summed E-state index contributed by atoms with van der Waals surface area (Å²) < 4.78 is 5.44. The summed E-state index contributed by atoms with van der Waals surface area (Å²) in [5, 5.41) is 11.2.